The average molecular weight is 491 g/mol. The summed E-state index contributed by atoms with van der Waals surface area (Å²) < 4.78 is 0. The fourth-order valence-electron chi connectivity index (χ4n) is 5.21. The molecular weight excluding hydrogens is 460 g/mol. The third kappa shape index (κ3) is 4.85. The maximum atomic E-state index is 14.0. The summed E-state index contributed by atoms with van der Waals surface area (Å²) in [5, 5.41) is 3.45. The van der Waals surface area contributed by atoms with E-state index in [9.17, 15) is 4.79 Å². The number of carbonyl (C=O) groups excluding carboxylic acids is 1. The number of hydrogen-bond donors (Lipinski definition) is 1. The van der Waals surface area contributed by atoms with Gasteiger partial charge >= 0.3 is 0 Å². The van der Waals surface area contributed by atoms with Crippen molar-refractivity contribution in [3.8, 4) is 0 Å². The van der Waals surface area contributed by atoms with Gasteiger partial charge in [0.1, 0.15) is 18.1 Å². The quantitative estimate of drug-likeness (QED) is 0.433. The van der Waals surface area contributed by atoms with E-state index in [1.54, 1.807) is 6.33 Å². The minimum Gasteiger partial charge on any atom is -0.368 e. The Balaban J connectivity index is 1.31. The molecule has 1 fully saturated rings. The van der Waals surface area contributed by atoms with Crippen molar-refractivity contribution >= 4 is 28.9 Å². The van der Waals surface area contributed by atoms with Gasteiger partial charge in [0.05, 0.1) is 6.54 Å². The van der Waals surface area contributed by atoms with Gasteiger partial charge < -0.3 is 15.1 Å². The number of benzene rings is 3. The summed E-state index contributed by atoms with van der Waals surface area (Å²) in [6, 6.07) is 30.4. The van der Waals surface area contributed by atoms with Crippen molar-refractivity contribution in [2.24, 2.45) is 0 Å². The largest absolute Gasteiger partial charge is 0.368 e. The lowest BCUT2D eigenvalue weighted by molar-refractivity contribution is -0.119. The first-order chi connectivity index (χ1) is 18.3. The molecule has 4 aromatic rings. The van der Waals surface area contributed by atoms with Crippen LogP contribution in [0.1, 0.15) is 11.1 Å². The average Bonchev–Trinajstić information content (AvgIpc) is 2.96. The molecule has 6 rings (SSSR count). The standard InChI is InChI=1S/C30H30N6O/c37-30-26(20-23-10-4-1-5-11-23)33-28-27(36(30)21-24-12-6-2-7-13-24)29(32-22-31-28)35-18-16-34(17-19-35)25-14-8-3-9-15-25/h1-15,22,26H,16-21H2,(H,31,32,33). The Bertz CT molecular complexity index is 1340. The number of nitrogens with one attached hydrogen (secondary N) is 1. The van der Waals surface area contributed by atoms with E-state index in [0.29, 0.717) is 18.8 Å². The van der Waals surface area contributed by atoms with E-state index in [1.807, 2.05) is 47.4 Å². The topological polar surface area (TPSA) is 64.6 Å². The van der Waals surface area contributed by atoms with Crippen molar-refractivity contribution in [2.45, 2.75) is 19.0 Å². The van der Waals surface area contributed by atoms with E-state index in [1.165, 1.54) is 5.69 Å². The van der Waals surface area contributed by atoms with Gasteiger partial charge in [0, 0.05) is 38.3 Å². The highest BCUT2D eigenvalue weighted by atomic mass is 16.2. The number of anilines is 4. The predicted molar refractivity (Wildman–Crippen MR) is 148 cm³/mol. The lowest BCUT2D eigenvalue weighted by atomic mass is 10.0. The third-order valence-electron chi connectivity index (χ3n) is 7.11. The second kappa shape index (κ2) is 10.3. The van der Waals surface area contributed by atoms with Crippen molar-refractivity contribution in [1.29, 1.82) is 0 Å². The first-order valence-corrected chi connectivity index (χ1v) is 12.8. The van der Waals surface area contributed by atoms with Crippen LogP contribution in [0.3, 0.4) is 0 Å². The van der Waals surface area contributed by atoms with Crippen molar-refractivity contribution in [2.75, 3.05) is 46.2 Å². The highest BCUT2D eigenvalue weighted by molar-refractivity contribution is 6.07. The Morgan fingerprint density at radius 1 is 0.730 bits per heavy atom. The molecular formula is C30H30N6O. The summed E-state index contributed by atoms with van der Waals surface area (Å²) in [7, 11) is 0. The molecule has 0 saturated carbocycles. The Morgan fingerprint density at radius 2 is 1.32 bits per heavy atom. The van der Waals surface area contributed by atoms with Gasteiger partial charge in [-0.1, -0.05) is 78.9 Å². The number of piperazine rings is 1. The minimum absolute atomic E-state index is 0.0409. The molecule has 1 unspecified atom stereocenters. The minimum atomic E-state index is -0.392. The van der Waals surface area contributed by atoms with Crippen LogP contribution in [0, 0.1) is 0 Å². The molecule has 3 heterocycles. The van der Waals surface area contributed by atoms with Crippen LogP contribution in [0.4, 0.5) is 23.0 Å². The van der Waals surface area contributed by atoms with Gasteiger partial charge in [-0.3, -0.25) is 9.69 Å². The van der Waals surface area contributed by atoms with E-state index >= 15 is 0 Å². The molecule has 0 spiro atoms. The van der Waals surface area contributed by atoms with E-state index in [2.05, 4.69) is 68.6 Å². The fourth-order valence-corrected chi connectivity index (χ4v) is 5.21. The molecule has 1 saturated heterocycles. The van der Waals surface area contributed by atoms with Gasteiger partial charge in [0.2, 0.25) is 5.91 Å². The number of para-hydroxylation sites is 1. The normalized spacial score (nSPS) is 17.4. The summed E-state index contributed by atoms with van der Waals surface area (Å²) in [6.07, 6.45) is 2.21. The van der Waals surface area contributed by atoms with E-state index < -0.39 is 6.04 Å². The summed E-state index contributed by atoms with van der Waals surface area (Å²) in [5.74, 6) is 1.57. The number of aromatic nitrogens is 2. The molecule has 37 heavy (non-hydrogen) atoms. The van der Waals surface area contributed by atoms with E-state index in [4.69, 9.17) is 4.98 Å². The number of carbonyl (C=O) groups is 1. The molecule has 0 aliphatic carbocycles. The fraction of sp³-hybridized carbons (Fsp3) is 0.233. The number of fused-ring (bicyclic) bond motifs is 1. The van der Waals surface area contributed by atoms with Crippen molar-refractivity contribution < 1.29 is 4.79 Å². The second-order valence-electron chi connectivity index (χ2n) is 9.50. The molecule has 186 valence electrons. The van der Waals surface area contributed by atoms with Crippen LogP contribution in [0.2, 0.25) is 0 Å². The predicted octanol–water partition coefficient (Wildman–Crippen LogP) is 4.37. The molecule has 1 atom stereocenters. The van der Waals surface area contributed by atoms with E-state index in [0.717, 1.165) is 48.8 Å². The van der Waals surface area contributed by atoms with Crippen LogP contribution in [0.5, 0.6) is 0 Å². The Kier molecular flexibility index (Phi) is 6.42. The van der Waals surface area contributed by atoms with Gasteiger partial charge in [-0.2, -0.15) is 0 Å². The zero-order chi connectivity index (χ0) is 25.0. The molecule has 7 nitrogen and oxygen atoms in total. The van der Waals surface area contributed by atoms with Gasteiger partial charge in [-0.05, 0) is 23.3 Å². The van der Waals surface area contributed by atoms with Crippen LogP contribution >= 0.6 is 0 Å². The maximum absolute atomic E-state index is 14.0. The highest BCUT2D eigenvalue weighted by Crippen LogP contribution is 2.39. The zero-order valence-corrected chi connectivity index (χ0v) is 20.7. The number of rotatable bonds is 6. The molecule has 0 radical (unpaired) electrons. The lowest BCUT2D eigenvalue weighted by Gasteiger charge is -2.40. The summed E-state index contributed by atoms with van der Waals surface area (Å²) in [4.78, 5) is 29.8. The first-order valence-electron chi connectivity index (χ1n) is 12.8. The van der Waals surface area contributed by atoms with Gasteiger partial charge in [-0.25, -0.2) is 9.97 Å². The molecule has 0 bridgehead atoms. The molecule has 2 aliphatic heterocycles. The van der Waals surface area contributed by atoms with Gasteiger partial charge in [0.25, 0.3) is 0 Å². The van der Waals surface area contributed by atoms with Gasteiger partial charge in [-0.15, -0.1) is 0 Å². The molecule has 1 N–H and O–H groups in total. The van der Waals surface area contributed by atoms with Crippen LogP contribution in [0.25, 0.3) is 0 Å². The van der Waals surface area contributed by atoms with Crippen molar-refractivity contribution in [1.82, 2.24) is 9.97 Å². The smallest absolute Gasteiger partial charge is 0.250 e. The lowest BCUT2D eigenvalue weighted by Crippen LogP contribution is -2.51. The number of amides is 1. The van der Waals surface area contributed by atoms with Crippen LogP contribution in [0.15, 0.2) is 97.3 Å². The SMILES string of the molecule is O=C1C(Cc2ccccc2)Nc2ncnc(N3CCN(c4ccccc4)CC3)c2N1Cc1ccccc1. The molecule has 2 aliphatic rings. The first kappa shape index (κ1) is 23.0. The second-order valence-corrected chi connectivity index (χ2v) is 9.50. The number of hydrogen-bond acceptors (Lipinski definition) is 6. The van der Waals surface area contributed by atoms with Crippen LogP contribution < -0.4 is 20.0 Å². The molecule has 7 heteroatoms. The summed E-state index contributed by atoms with van der Waals surface area (Å²) in [6.45, 7) is 3.89. The van der Waals surface area contributed by atoms with Crippen LogP contribution in [-0.2, 0) is 17.8 Å². The Hall–Kier alpha value is -4.39. The monoisotopic (exact) mass is 490 g/mol. The zero-order valence-electron chi connectivity index (χ0n) is 20.7. The van der Waals surface area contributed by atoms with Crippen molar-refractivity contribution in [3.05, 3.63) is 108 Å². The summed E-state index contributed by atoms with van der Waals surface area (Å²) >= 11 is 0. The maximum Gasteiger partial charge on any atom is 0.250 e. The highest BCUT2D eigenvalue weighted by Gasteiger charge is 2.37. The summed E-state index contributed by atoms with van der Waals surface area (Å²) in [5.41, 5.74) is 4.20. The molecule has 3 aromatic carbocycles. The number of nitrogens with zero attached hydrogens (tertiary/aromatic N) is 5. The van der Waals surface area contributed by atoms with Gasteiger partial charge in [0.15, 0.2) is 11.6 Å². The van der Waals surface area contributed by atoms with E-state index in [-0.39, 0.29) is 5.91 Å². The van der Waals surface area contributed by atoms with Crippen LogP contribution in [-0.4, -0.2) is 48.1 Å². The Morgan fingerprint density at radius 3 is 2.00 bits per heavy atom. The van der Waals surface area contributed by atoms with Crippen molar-refractivity contribution in [3.63, 3.8) is 0 Å². The molecule has 1 aromatic heterocycles. The Labute approximate surface area is 217 Å². The third-order valence-corrected chi connectivity index (χ3v) is 7.11. The molecule has 1 amide bonds.